The zero-order valence-corrected chi connectivity index (χ0v) is 13.7. The van der Waals surface area contributed by atoms with Crippen molar-refractivity contribution in [2.75, 3.05) is 13.2 Å². The van der Waals surface area contributed by atoms with Crippen LogP contribution < -0.4 is 5.32 Å². The van der Waals surface area contributed by atoms with Crippen LogP contribution >= 0.6 is 11.3 Å². The number of nitrogens with one attached hydrogen (secondary N) is 1. The van der Waals surface area contributed by atoms with Crippen LogP contribution in [0.2, 0.25) is 0 Å². The second-order valence-electron chi connectivity index (χ2n) is 5.93. The number of imidazole rings is 1. The number of hydrogen-bond acceptors (Lipinski definition) is 4. The van der Waals surface area contributed by atoms with E-state index in [0.717, 1.165) is 30.5 Å². The van der Waals surface area contributed by atoms with E-state index in [1.807, 2.05) is 0 Å². The molecular weight excluding hydrogens is 282 g/mol. The molecule has 1 aliphatic carbocycles. The highest BCUT2D eigenvalue weighted by Gasteiger charge is 2.31. The van der Waals surface area contributed by atoms with Gasteiger partial charge in [-0.3, -0.25) is 4.40 Å². The molecule has 1 saturated carbocycles. The van der Waals surface area contributed by atoms with E-state index in [0.29, 0.717) is 12.1 Å². The third kappa shape index (κ3) is 3.65. The summed E-state index contributed by atoms with van der Waals surface area (Å²) < 4.78 is 7.79. The summed E-state index contributed by atoms with van der Waals surface area (Å²) in [6.45, 7) is 6.13. The van der Waals surface area contributed by atoms with E-state index in [1.165, 1.54) is 25.0 Å². The molecule has 0 bridgehead atoms. The first-order chi connectivity index (χ1) is 10.3. The monoisotopic (exact) mass is 307 g/mol. The molecule has 1 fully saturated rings. The summed E-state index contributed by atoms with van der Waals surface area (Å²) in [7, 11) is 0. The normalized spacial score (nSPS) is 23.3. The lowest BCUT2D eigenvalue weighted by molar-refractivity contribution is -0.0289. The molecule has 2 aromatic rings. The minimum Gasteiger partial charge on any atom is -0.378 e. The Morgan fingerprint density at radius 3 is 3.05 bits per heavy atom. The quantitative estimate of drug-likeness (QED) is 0.814. The second kappa shape index (κ2) is 6.90. The molecule has 1 atom stereocenters. The number of rotatable bonds is 8. The van der Waals surface area contributed by atoms with Crippen molar-refractivity contribution in [2.45, 2.75) is 51.7 Å². The van der Waals surface area contributed by atoms with E-state index >= 15 is 0 Å². The van der Waals surface area contributed by atoms with Gasteiger partial charge in [-0.15, -0.1) is 11.3 Å². The third-order valence-corrected chi connectivity index (χ3v) is 5.07. The molecule has 3 rings (SSSR count). The molecule has 116 valence electrons. The number of thiazole rings is 1. The molecule has 1 N–H and O–H groups in total. The van der Waals surface area contributed by atoms with Crippen LogP contribution in [0.5, 0.6) is 0 Å². The van der Waals surface area contributed by atoms with E-state index in [2.05, 4.69) is 41.3 Å². The Hall–Kier alpha value is -0.910. The number of ether oxygens (including phenoxy) is 1. The van der Waals surface area contributed by atoms with Crippen LogP contribution in [0.15, 0.2) is 17.8 Å². The molecule has 2 aromatic heterocycles. The van der Waals surface area contributed by atoms with Gasteiger partial charge in [0.15, 0.2) is 4.96 Å². The smallest absolute Gasteiger partial charge is 0.193 e. The molecule has 0 spiro atoms. The van der Waals surface area contributed by atoms with Crippen LogP contribution in [-0.2, 0) is 11.2 Å². The molecule has 1 aliphatic rings. The average Bonchev–Trinajstić information content (AvgIpc) is 2.97. The van der Waals surface area contributed by atoms with Crippen LogP contribution in [0, 0.1) is 5.92 Å². The lowest BCUT2D eigenvalue weighted by Crippen LogP contribution is -2.39. The Morgan fingerprint density at radius 1 is 1.48 bits per heavy atom. The average molecular weight is 307 g/mol. The van der Waals surface area contributed by atoms with Gasteiger partial charge < -0.3 is 10.1 Å². The highest BCUT2D eigenvalue weighted by molar-refractivity contribution is 7.15. The van der Waals surface area contributed by atoms with Gasteiger partial charge in [0, 0.05) is 36.8 Å². The number of nitrogens with zero attached hydrogens (tertiary/aromatic N) is 2. The lowest BCUT2D eigenvalue weighted by atomic mass is 9.77. The fourth-order valence-corrected chi connectivity index (χ4v) is 4.01. The maximum absolute atomic E-state index is 5.66. The summed E-state index contributed by atoms with van der Waals surface area (Å²) in [6, 6.07) is 0.534. The first-order valence-corrected chi connectivity index (χ1v) is 8.92. The van der Waals surface area contributed by atoms with Crippen LogP contribution in [0.3, 0.4) is 0 Å². The number of hydrogen-bond donors (Lipinski definition) is 1. The van der Waals surface area contributed by atoms with Crippen molar-refractivity contribution in [1.29, 1.82) is 0 Å². The van der Waals surface area contributed by atoms with Crippen molar-refractivity contribution < 1.29 is 4.74 Å². The Labute approximate surface area is 130 Å². The summed E-state index contributed by atoms with van der Waals surface area (Å²) in [4.78, 5) is 5.80. The standard InChI is InChI=1S/C16H25N3OS/c1-3-17-13(7-12-8-15(9-12)20-4-2)10-14-11-19-5-6-21-16(19)18-14/h5-6,11-13,15,17H,3-4,7-10H2,1-2H3. The van der Waals surface area contributed by atoms with E-state index in [4.69, 9.17) is 9.72 Å². The Bertz CT molecular complexity index is 530. The first kappa shape index (κ1) is 15.0. The zero-order chi connectivity index (χ0) is 14.7. The SMILES string of the molecule is CCNC(Cc1cn2ccsc2n1)CC1CC(OCC)C1. The minimum atomic E-state index is 0.514. The van der Waals surface area contributed by atoms with Gasteiger partial charge in [-0.25, -0.2) is 4.98 Å². The van der Waals surface area contributed by atoms with Crippen molar-refractivity contribution in [3.8, 4) is 0 Å². The minimum absolute atomic E-state index is 0.514. The molecule has 0 saturated heterocycles. The molecule has 21 heavy (non-hydrogen) atoms. The maximum atomic E-state index is 5.66. The number of fused-ring (bicyclic) bond motifs is 1. The summed E-state index contributed by atoms with van der Waals surface area (Å²) in [5.41, 5.74) is 1.20. The van der Waals surface area contributed by atoms with Crippen LogP contribution in [-0.4, -0.2) is 34.7 Å². The van der Waals surface area contributed by atoms with Crippen molar-refractivity contribution in [3.05, 3.63) is 23.5 Å². The van der Waals surface area contributed by atoms with Gasteiger partial charge >= 0.3 is 0 Å². The van der Waals surface area contributed by atoms with Gasteiger partial charge in [-0.2, -0.15) is 0 Å². The van der Waals surface area contributed by atoms with E-state index in [-0.39, 0.29) is 0 Å². The summed E-state index contributed by atoms with van der Waals surface area (Å²) >= 11 is 1.70. The topological polar surface area (TPSA) is 38.6 Å². The van der Waals surface area contributed by atoms with Crippen LogP contribution in [0.25, 0.3) is 4.96 Å². The van der Waals surface area contributed by atoms with E-state index in [9.17, 15) is 0 Å². The molecule has 4 nitrogen and oxygen atoms in total. The van der Waals surface area contributed by atoms with Crippen LogP contribution in [0.4, 0.5) is 0 Å². The third-order valence-electron chi connectivity index (χ3n) is 4.30. The van der Waals surface area contributed by atoms with Crippen molar-refractivity contribution >= 4 is 16.3 Å². The second-order valence-corrected chi connectivity index (χ2v) is 6.81. The predicted octanol–water partition coefficient (Wildman–Crippen LogP) is 3.12. The largest absolute Gasteiger partial charge is 0.378 e. The van der Waals surface area contributed by atoms with Gasteiger partial charge in [0.1, 0.15) is 0 Å². The van der Waals surface area contributed by atoms with Gasteiger partial charge in [-0.05, 0) is 38.6 Å². The molecule has 0 aromatic carbocycles. The molecule has 2 heterocycles. The van der Waals surface area contributed by atoms with Crippen molar-refractivity contribution in [2.24, 2.45) is 5.92 Å². The van der Waals surface area contributed by atoms with Gasteiger partial charge in [-0.1, -0.05) is 6.92 Å². The highest BCUT2D eigenvalue weighted by atomic mass is 32.1. The summed E-state index contributed by atoms with van der Waals surface area (Å²) in [6.07, 6.45) is 9.49. The van der Waals surface area contributed by atoms with E-state index in [1.54, 1.807) is 11.3 Å². The van der Waals surface area contributed by atoms with Crippen molar-refractivity contribution in [3.63, 3.8) is 0 Å². The molecule has 5 heteroatoms. The number of likely N-dealkylation sites (N-methyl/N-ethyl adjacent to an activating group) is 1. The number of aromatic nitrogens is 2. The van der Waals surface area contributed by atoms with Gasteiger partial charge in [0.2, 0.25) is 0 Å². The molecule has 0 radical (unpaired) electrons. The van der Waals surface area contributed by atoms with Gasteiger partial charge in [0.05, 0.1) is 11.8 Å². The van der Waals surface area contributed by atoms with Crippen LogP contribution in [0.1, 0.15) is 38.8 Å². The Morgan fingerprint density at radius 2 is 2.33 bits per heavy atom. The van der Waals surface area contributed by atoms with Crippen molar-refractivity contribution in [1.82, 2.24) is 14.7 Å². The zero-order valence-electron chi connectivity index (χ0n) is 12.9. The highest BCUT2D eigenvalue weighted by Crippen LogP contribution is 2.34. The Kier molecular flexibility index (Phi) is 4.93. The summed E-state index contributed by atoms with van der Waals surface area (Å²) in [5, 5.41) is 5.71. The van der Waals surface area contributed by atoms with Gasteiger partial charge in [0.25, 0.3) is 0 Å². The molecule has 0 amide bonds. The molecule has 1 unspecified atom stereocenters. The molecule has 0 aliphatic heterocycles. The fraction of sp³-hybridized carbons (Fsp3) is 0.688. The Balaban J connectivity index is 1.53. The first-order valence-electron chi connectivity index (χ1n) is 8.04. The molecular formula is C16H25N3OS. The lowest BCUT2D eigenvalue weighted by Gasteiger charge is -2.37. The summed E-state index contributed by atoms with van der Waals surface area (Å²) in [5.74, 6) is 0.814. The van der Waals surface area contributed by atoms with E-state index < -0.39 is 0 Å². The maximum Gasteiger partial charge on any atom is 0.193 e. The predicted molar refractivity (Wildman–Crippen MR) is 87.0 cm³/mol. The fourth-order valence-electron chi connectivity index (χ4n) is 3.30.